The van der Waals surface area contributed by atoms with Gasteiger partial charge in [-0.05, 0) is 30.2 Å². The molecule has 0 spiro atoms. The monoisotopic (exact) mass is 411 g/mol. The van der Waals surface area contributed by atoms with Crippen LogP contribution in [0.2, 0.25) is 0 Å². The lowest BCUT2D eigenvalue weighted by Crippen LogP contribution is -2.50. The van der Waals surface area contributed by atoms with Crippen LogP contribution < -0.4 is 24.7 Å². The molecule has 0 unspecified atom stereocenters. The average molecular weight is 411 g/mol. The Balaban J connectivity index is 1.13. The van der Waals surface area contributed by atoms with Gasteiger partial charge in [0.05, 0.1) is 19.3 Å². The number of nitrogens with one attached hydrogen (secondary N) is 2. The lowest BCUT2D eigenvalue weighted by atomic mass is 10.1. The van der Waals surface area contributed by atoms with E-state index in [1.807, 2.05) is 47.5 Å². The van der Waals surface area contributed by atoms with E-state index in [1.165, 1.54) is 0 Å². The zero-order valence-electron chi connectivity index (χ0n) is 16.9. The number of fused-ring (bicyclic) bond motifs is 1. The quantitative estimate of drug-likeness (QED) is 0.744. The van der Waals surface area contributed by atoms with Crippen molar-refractivity contribution in [2.75, 3.05) is 37.9 Å². The molecule has 1 fully saturated rings. The molecule has 0 bridgehead atoms. The SMILES string of the molecule is O=C(CCCC(=O)N1CCN(c2cccc[nH+]2)CC1)NCc1ccc2c(c1)OCO2. The number of piperazine rings is 1. The average Bonchev–Trinajstić information content (AvgIpc) is 3.26. The molecule has 0 aliphatic carbocycles. The van der Waals surface area contributed by atoms with Gasteiger partial charge in [0.2, 0.25) is 18.6 Å². The number of benzene rings is 1. The van der Waals surface area contributed by atoms with Crippen LogP contribution in [0, 0.1) is 0 Å². The summed E-state index contributed by atoms with van der Waals surface area (Å²) in [6.45, 7) is 3.70. The van der Waals surface area contributed by atoms with Gasteiger partial charge in [0.15, 0.2) is 11.5 Å². The van der Waals surface area contributed by atoms with Crippen molar-refractivity contribution >= 4 is 17.6 Å². The van der Waals surface area contributed by atoms with Crippen molar-refractivity contribution in [2.45, 2.75) is 25.8 Å². The van der Waals surface area contributed by atoms with Crippen molar-refractivity contribution in [3.63, 3.8) is 0 Å². The Bertz CT molecular complexity index is 882. The summed E-state index contributed by atoms with van der Waals surface area (Å²) in [5.41, 5.74) is 0.956. The van der Waals surface area contributed by atoms with Gasteiger partial charge in [0, 0.05) is 25.5 Å². The number of rotatable bonds is 7. The smallest absolute Gasteiger partial charge is 0.274 e. The van der Waals surface area contributed by atoms with Gasteiger partial charge in [-0.1, -0.05) is 12.1 Å². The Kier molecular flexibility index (Phi) is 6.32. The number of hydrogen-bond acceptors (Lipinski definition) is 5. The molecule has 2 aliphatic heterocycles. The number of hydrogen-bond donors (Lipinski definition) is 1. The Morgan fingerprint density at radius 3 is 2.63 bits per heavy atom. The van der Waals surface area contributed by atoms with E-state index in [-0.39, 0.29) is 18.6 Å². The number of carbonyl (C=O) groups excluding carboxylic acids is 2. The van der Waals surface area contributed by atoms with Gasteiger partial charge in [-0.25, -0.2) is 4.98 Å². The number of amides is 2. The minimum atomic E-state index is -0.0510. The molecule has 1 aromatic carbocycles. The zero-order chi connectivity index (χ0) is 20.8. The highest BCUT2D eigenvalue weighted by molar-refractivity contribution is 5.79. The van der Waals surface area contributed by atoms with Crippen LogP contribution in [0.15, 0.2) is 42.6 Å². The molecule has 2 N–H and O–H groups in total. The van der Waals surface area contributed by atoms with Gasteiger partial charge in [-0.2, -0.15) is 0 Å². The normalized spacial score (nSPS) is 15.2. The first kappa shape index (κ1) is 20.0. The molecule has 1 aromatic heterocycles. The summed E-state index contributed by atoms with van der Waals surface area (Å²) in [5.74, 6) is 2.58. The summed E-state index contributed by atoms with van der Waals surface area (Å²) < 4.78 is 10.6. The fourth-order valence-corrected chi connectivity index (χ4v) is 3.68. The standard InChI is InChI=1S/C22H26N4O4/c27-21(24-15-17-7-8-18-19(14-17)30-16-29-18)5-3-6-22(28)26-12-10-25(11-13-26)20-4-1-2-9-23-20/h1-2,4,7-9,14H,3,5-6,10-13,15-16H2,(H,24,27)/p+1. The van der Waals surface area contributed by atoms with Gasteiger partial charge in [-0.3, -0.25) is 14.5 Å². The largest absolute Gasteiger partial charge is 0.454 e. The van der Waals surface area contributed by atoms with Gasteiger partial charge < -0.3 is 19.7 Å². The highest BCUT2D eigenvalue weighted by Crippen LogP contribution is 2.32. The summed E-state index contributed by atoms with van der Waals surface area (Å²) in [6, 6.07) is 11.6. The van der Waals surface area contributed by atoms with Crippen LogP contribution >= 0.6 is 0 Å². The Morgan fingerprint density at radius 1 is 1.00 bits per heavy atom. The number of anilines is 1. The molecule has 0 atom stereocenters. The molecule has 1 saturated heterocycles. The number of carbonyl (C=O) groups is 2. The Morgan fingerprint density at radius 2 is 1.83 bits per heavy atom. The van der Waals surface area contributed by atoms with Crippen LogP contribution in [0.4, 0.5) is 5.82 Å². The Hall–Kier alpha value is -3.29. The molecule has 0 radical (unpaired) electrons. The third-order valence-corrected chi connectivity index (χ3v) is 5.39. The predicted octanol–water partition coefficient (Wildman–Crippen LogP) is 1.36. The first-order valence-corrected chi connectivity index (χ1v) is 10.3. The third kappa shape index (κ3) is 5.00. The van der Waals surface area contributed by atoms with E-state index in [0.717, 1.165) is 30.2 Å². The van der Waals surface area contributed by atoms with Gasteiger partial charge in [0.25, 0.3) is 5.82 Å². The maximum absolute atomic E-state index is 12.5. The second kappa shape index (κ2) is 9.47. The van der Waals surface area contributed by atoms with Crippen molar-refractivity contribution in [2.24, 2.45) is 0 Å². The van der Waals surface area contributed by atoms with Gasteiger partial charge >= 0.3 is 0 Å². The van der Waals surface area contributed by atoms with Crippen LogP contribution in [0.5, 0.6) is 11.5 Å². The fourth-order valence-electron chi connectivity index (χ4n) is 3.68. The van der Waals surface area contributed by atoms with E-state index in [2.05, 4.69) is 15.2 Å². The molecule has 8 heteroatoms. The summed E-state index contributed by atoms with van der Waals surface area (Å²) in [7, 11) is 0. The van der Waals surface area contributed by atoms with Crippen LogP contribution in [-0.2, 0) is 16.1 Å². The minimum absolute atomic E-state index is 0.0510. The maximum Gasteiger partial charge on any atom is 0.274 e. The topological polar surface area (TPSA) is 85.3 Å². The van der Waals surface area contributed by atoms with Crippen LogP contribution in [0.3, 0.4) is 0 Å². The maximum atomic E-state index is 12.5. The number of aromatic amines is 1. The van der Waals surface area contributed by atoms with Gasteiger partial charge in [0.1, 0.15) is 13.1 Å². The molecule has 3 heterocycles. The van der Waals surface area contributed by atoms with E-state index >= 15 is 0 Å². The van der Waals surface area contributed by atoms with E-state index in [0.29, 0.717) is 44.6 Å². The number of ether oxygens (including phenoxy) is 2. The first-order chi connectivity index (χ1) is 14.7. The molecular weight excluding hydrogens is 384 g/mol. The number of nitrogens with zero attached hydrogens (tertiary/aromatic N) is 2. The van der Waals surface area contributed by atoms with Crippen LogP contribution in [0.25, 0.3) is 0 Å². The molecule has 2 aromatic rings. The first-order valence-electron chi connectivity index (χ1n) is 10.3. The van der Waals surface area contributed by atoms with Crippen LogP contribution in [-0.4, -0.2) is 49.7 Å². The second-order valence-corrected chi connectivity index (χ2v) is 7.43. The zero-order valence-corrected chi connectivity index (χ0v) is 16.9. The van der Waals surface area contributed by atoms with Crippen molar-refractivity contribution in [1.29, 1.82) is 0 Å². The molecule has 30 heavy (non-hydrogen) atoms. The van der Waals surface area contributed by atoms with E-state index in [4.69, 9.17) is 9.47 Å². The molecular formula is C22H27N4O4+. The van der Waals surface area contributed by atoms with E-state index in [9.17, 15) is 9.59 Å². The number of H-pyrrole nitrogens is 1. The van der Waals surface area contributed by atoms with Crippen molar-refractivity contribution in [3.05, 3.63) is 48.2 Å². The number of aromatic nitrogens is 1. The lowest BCUT2D eigenvalue weighted by Gasteiger charge is -2.31. The van der Waals surface area contributed by atoms with Crippen molar-refractivity contribution < 1.29 is 24.0 Å². The molecule has 158 valence electrons. The van der Waals surface area contributed by atoms with Crippen molar-refractivity contribution in [1.82, 2.24) is 10.2 Å². The third-order valence-electron chi connectivity index (χ3n) is 5.39. The lowest BCUT2D eigenvalue weighted by molar-refractivity contribution is -0.364. The van der Waals surface area contributed by atoms with Crippen LogP contribution in [0.1, 0.15) is 24.8 Å². The number of pyridine rings is 1. The fraction of sp³-hybridized carbons (Fsp3) is 0.409. The van der Waals surface area contributed by atoms with Gasteiger partial charge in [-0.15, -0.1) is 0 Å². The highest BCUT2D eigenvalue weighted by atomic mass is 16.7. The highest BCUT2D eigenvalue weighted by Gasteiger charge is 2.25. The second-order valence-electron chi connectivity index (χ2n) is 7.43. The van der Waals surface area contributed by atoms with E-state index < -0.39 is 0 Å². The van der Waals surface area contributed by atoms with E-state index in [1.54, 1.807) is 0 Å². The summed E-state index contributed by atoms with van der Waals surface area (Å²) >= 11 is 0. The minimum Gasteiger partial charge on any atom is -0.454 e. The summed E-state index contributed by atoms with van der Waals surface area (Å²) in [5, 5.41) is 2.90. The summed E-state index contributed by atoms with van der Waals surface area (Å²) in [4.78, 5) is 31.9. The molecule has 2 aliphatic rings. The molecule has 4 rings (SSSR count). The Labute approximate surface area is 175 Å². The van der Waals surface area contributed by atoms with Crippen molar-refractivity contribution in [3.8, 4) is 11.5 Å². The summed E-state index contributed by atoms with van der Waals surface area (Å²) in [6.07, 6.45) is 3.20. The molecule has 2 amide bonds. The molecule has 0 saturated carbocycles. The molecule has 8 nitrogen and oxygen atoms in total. The predicted molar refractivity (Wildman–Crippen MR) is 110 cm³/mol.